The number of unbranched alkanes of at least 4 members (excludes halogenated alkanes) is 1. The molecule has 0 saturated carbocycles. The Morgan fingerprint density at radius 1 is 1.24 bits per heavy atom. The van der Waals surface area contributed by atoms with Gasteiger partial charge in [0.25, 0.3) is 0 Å². The van der Waals surface area contributed by atoms with Gasteiger partial charge in [0, 0.05) is 18.3 Å². The van der Waals surface area contributed by atoms with Crippen LogP contribution in [0.15, 0.2) is 35.6 Å². The van der Waals surface area contributed by atoms with E-state index >= 15 is 0 Å². The Kier molecular flexibility index (Phi) is 6.94. The molecule has 0 aromatic rings. The summed E-state index contributed by atoms with van der Waals surface area (Å²) >= 11 is 0. The Morgan fingerprint density at radius 2 is 1.82 bits per heavy atom. The molecule has 0 aliphatic rings. The largest absolute Gasteiger partial charge is 0.370 e. The van der Waals surface area contributed by atoms with E-state index in [0.29, 0.717) is 0 Å². The van der Waals surface area contributed by atoms with Gasteiger partial charge in [0.1, 0.15) is 0 Å². The smallest absolute Gasteiger partial charge is 0.0357 e. The summed E-state index contributed by atoms with van der Waals surface area (Å²) in [6, 6.07) is 0. The Hall–Kier alpha value is -0.980. The third-order valence-corrected chi connectivity index (χ3v) is 2.94. The van der Waals surface area contributed by atoms with E-state index in [1.54, 1.807) is 0 Å². The quantitative estimate of drug-likeness (QED) is 0.611. The Labute approximate surface area is 108 Å². The number of hydrogen-bond donors (Lipinski definition) is 0. The van der Waals surface area contributed by atoms with E-state index < -0.39 is 0 Å². The molecule has 0 radical (unpaired) electrons. The lowest BCUT2D eigenvalue weighted by Gasteiger charge is -2.36. The van der Waals surface area contributed by atoms with Crippen molar-refractivity contribution >= 4 is 0 Å². The lowest BCUT2D eigenvalue weighted by atomic mass is 10.0. The molecule has 0 aliphatic heterocycles. The van der Waals surface area contributed by atoms with E-state index in [9.17, 15) is 0 Å². The predicted octanol–water partition coefficient (Wildman–Crippen LogP) is 4.92. The zero-order valence-electron chi connectivity index (χ0n) is 12.7. The molecular formula is C16H29N. The Balaban J connectivity index is 5.15. The maximum absolute atomic E-state index is 2.36. The van der Waals surface area contributed by atoms with Gasteiger partial charge in [0.05, 0.1) is 0 Å². The molecule has 0 rings (SSSR count). The molecule has 0 unspecified atom stereocenters. The van der Waals surface area contributed by atoms with E-state index in [2.05, 4.69) is 70.9 Å². The van der Waals surface area contributed by atoms with Crippen LogP contribution in [0.25, 0.3) is 0 Å². The molecule has 0 heterocycles. The zero-order valence-corrected chi connectivity index (χ0v) is 12.7. The van der Waals surface area contributed by atoms with Crippen molar-refractivity contribution in [3.63, 3.8) is 0 Å². The minimum absolute atomic E-state index is 0.157. The highest BCUT2D eigenvalue weighted by molar-refractivity contribution is 5.31. The first-order chi connectivity index (χ1) is 7.84. The standard InChI is InChI=1S/C16H29N/c1-8-10-12-14(3)15(13-11-9-2)17(7)16(4,5)6/h8,10,12-13H,9,11H2,1-7H3. The Morgan fingerprint density at radius 3 is 2.24 bits per heavy atom. The van der Waals surface area contributed by atoms with Gasteiger partial charge < -0.3 is 4.90 Å². The molecule has 0 aromatic carbocycles. The van der Waals surface area contributed by atoms with Crippen LogP contribution in [0.5, 0.6) is 0 Å². The molecule has 0 fully saturated rings. The second-order valence-corrected chi connectivity index (χ2v) is 5.48. The first kappa shape index (κ1) is 16.0. The summed E-state index contributed by atoms with van der Waals surface area (Å²) in [5, 5.41) is 0. The van der Waals surface area contributed by atoms with Crippen molar-refractivity contribution < 1.29 is 0 Å². The third kappa shape index (κ3) is 5.76. The molecule has 0 saturated heterocycles. The lowest BCUT2D eigenvalue weighted by molar-refractivity contribution is 0.231. The number of nitrogens with zero attached hydrogens (tertiary/aromatic N) is 1. The van der Waals surface area contributed by atoms with Gasteiger partial charge in [-0.3, -0.25) is 0 Å². The second kappa shape index (κ2) is 7.37. The predicted molar refractivity (Wildman–Crippen MR) is 79.1 cm³/mol. The molecular weight excluding hydrogens is 206 g/mol. The van der Waals surface area contributed by atoms with Crippen molar-refractivity contribution in [3.8, 4) is 0 Å². The van der Waals surface area contributed by atoms with Crippen LogP contribution in [-0.2, 0) is 0 Å². The van der Waals surface area contributed by atoms with Crippen molar-refractivity contribution in [1.29, 1.82) is 0 Å². The molecule has 17 heavy (non-hydrogen) atoms. The molecule has 0 bridgehead atoms. The van der Waals surface area contributed by atoms with E-state index in [4.69, 9.17) is 0 Å². The molecule has 0 amide bonds. The highest BCUT2D eigenvalue weighted by Crippen LogP contribution is 2.23. The van der Waals surface area contributed by atoms with Crippen molar-refractivity contribution in [2.75, 3.05) is 7.05 Å². The first-order valence-electron chi connectivity index (χ1n) is 6.58. The minimum Gasteiger partial charge on any atom is -0.370 e. The maximum atomic E-state index is 2.36. The van der Waals surface area contributed by atoms with E-state index in [0.717, 1.165) is 6.42 Å². The average molecular weight is 235 g/mol. The minimum atomic E-state index is 0.157. The molecule has 0 aromatic heterocycles. The van der Waals surface area contributed by atoms with E-state index in [1.807, 2.05) is 6.92 Å². The molecule has 0 spiro atoms. The number of hydrogen-bond acceptors (Lipinski definition) is 1. The maximum Gasteiger partial charge on any atom is 0.0357 e. The van der Waals surface area contributed by atoms with Gasteiger partial charge >= 0.3 is 0 Å². The van der Waals surface area contributed by atoms with Gasteiger partial charge in [-0.25, -0.2) is 0 Å². The fourth-order valence-corrected chi connectivity index (χ4v) is 1.53. The summed E-state index contributed by atoms with van der Waals surface area (Å²) in [4.78, 5) is 2.36. The monoisotopic (exact) mass is 235 g/mol. The van der Waals surface area contributed by atoms with Crippen molar-refractivity contribution in [2.45, 2.75) is 59.9 Å². The van der Waals surface area contributed by atoms with Gasteiger partial charge in [-0.05, 0) is 46.6 Å². The fourth-order valence-electron chi connectivity index (χ4n) is 1.53. The normalized spacial score (nSPS) is 14.5. The molecule has 98 valence electrons. The van der Waals surface area contributed by atoms with Crippen LogP contribution in [0.1, 0.15) is 54.4 Å². The summed E-state index contributed by atoms with van der Waals surface area (Å²) in [7, 11) is 2.18. The van der Waals surface area contributed by atoms with Crippen LogP contribution >= 0.6 is 0 Å². The van der Waals surface area contributed by atoms with Crippen LogP contribution < -0.4 is 0 Å². The first-order valence-corrected chi connectivity index (χ1v) is 6.58. The zero-order chi connectivity index (χ0) is 13.5. The Bertz CT molecular complexity index is 300. The summed E-state index contributed by atoms with van der Waals surface area (Å²) in [6.07, 6.45) is 11.0. The van der Waals surface area contributed by atoms with E-state index in [1.165, 1.54) is 17.7 Å². The van der Waals surface area contributed by atoms with Gasteiger partial charge in [0.15, 0.2) is 0 Å². The van der Waals surface area contributed by atoms with Crippen molar-refractivity contribution in [3.05, 3.63) is 35.6 Å². The summed E-state index contributed by atoms with van der Waals surface area (Å²) in [5.41, 5.74) is 2.83. The highest BCUT2D eigenvalue weighted by Gasteiger charge is 2.19. The van der Waals surface area contributed by atoms with E-state index in [-0.39, 0.29) is 5.54 Å². The second-order valence-electron chi connectivity index (χ2n) is 5.48. The van der Waals surface area contributed by atoms with Crippen LogP contribution in [0, 0.1) is 0 Å². The molecule has 1 nitrogen and oxygen atoms in total. The topological polar surface area (TPSA) is 3.24 Å². The van der Waals surface area contributed by atoms with Crippen LogP contribution in [0.3, 0.4) is 0 Å². The van der Waals surface area contributed by atoms with Crippen LogP contribution in [0.2, 0.25) is 0 Å². The van der Waals surface area contributed by atoms with Gasteiger partial charge in [-0.2, -0.15) is 0 Å². The number of likely N-dealkylation sites (N-methyl/N-ethyl adjacent to an activating group) is 1. The molecule has 0 N–H and O–H groups in total. The van der Waals surface area contributed by atoms with Crippen LogP contribution in [-0.4, -0.2) is 17.5 Å². The summed E-state index contributed by atoms with van der Waals surface area (Å²) in [6.45, 7) is 13.2. The van der Waals surface area contributed by atoms with Gasteiger partial charge in [-0.1, -0.05) is 37.6 Å². The van der Waals surface area contributed by atoms with Gasteiger partial charge in [-0.15, -0.1) is 0 Å². The fraction of sp³-hybridized carbons (Fsp3) is 0.625. The van der Waals surface area contributed by atoms with Crippen molar-refractivity contribution in [1.82, 2.24) is 4.90 Å². The van der Waals surface area contributed by atoms with Crippen LogP contribution in [0.4, 0.5) is 0 Å². The molecule has 0 aliphatic carbocycles. The third-order valence-electron chi connectivity index (χ3n) is 2.94. The molecule has 1 heteroatoms. The van der Waals surface area contributed by atoms with Crippen molar-refractivity contribution in [2.24, 2.45) is 0 Å². The number of allylic oxidation sites excluding steroid dienone is 5. The summed E-state index contributed by atoms with van der Waals surface area (Å²) < 4.78 is 0. The SMILES string of the molecule is CC=CC=C(C)C(=CCCC)N(C)C(C)(C)C. The number of rotatable bonds is 5. The van der Waals surface area contributed by atoms with Gasteiger partial charge in [0.2, 0.25) is 0 Å². The highest BCUT2D eigenvalue weighted by atomic mass is 15.2. The molecule has 0 atom stereocenters. The average Bonchev–Trinajstić information content (AvgIpc) is 2.25. The summed E-state index contributed by atoms with van der Waals surface area (Å²) in [5.74, 6) is 0. The lowest BCUT2D eigenvalue weighted by Crippen LogP contribution is -2.37.